The number of thioether (sulfide) groups is 1. The van der Waals surface area contributed by atoms with Gasteiger partial charge in [0.1, 0.15) is 6.54 Å². The Kier molecular flexibility index (Phi) is 9.16. The maximum Gasteiger partial charge on any atom is 0.261 e. The minimum atomic E-state index is -0.0354. The molecule has 2 amide bonds. The number of hydrogen-bond donors (Lipinski definition) is 1. The molecular formula is C27H38BrN3O2S. The molecule has 34 heavy (non-hydrogen) atoms. The van der Waals surface area contributed by atoms with Crippen LogP contribution in [0.5, 0.6) is 0 Å². The van der Waals surface area contributed by atoms with Crippen molar-refractivity contribution in [3.05, 3.63) is 39.2 Å². The third-order valence-corrected chi connectivity index (χ3v) is 9.09. The number of likely N-dealkylation sites (tertiary alicyclic amines) is 1. The first-order valence-electron chi connectivity index (χ1n) is 12.8. The molecule has 1 aromatic carbocycles. The van der Waals surface area contributed by atoms with Crippen LogP contribution in [-0.2, 0) is 9.59 Å². The Hall–Kier alpha value is -1.31. The SMILES string of the molecule is CC1CC(C)CN(CCCNC(=O)CN2C(=O)/C(=C\c3cccc(Br)c3)SC3CCCCC32)C1. The summed E-state index contributed by atoms with van der Waals surface area (Å²) in [6.07, 6.45) is 8.67. The quantitative estimate of drug-likeness (QED) is 0.378. The third-order valence-electron chi connectivity index (χ3n) is 7.20. The highest BCUT2D eigenvalue weighted by Gasteiger charge is 2.41. The lowest BCUT2D eigenvalue weighted by Gasteiger charge is -2.43. The van der Waals surface area contributed by atoms with Crippen molar-refractivity contribution in [3.63, 3.8) is 0 Å². The van der Waals surface area contributed by atoms with Gasteiger partial charge in [-0.3, -0.25) is 9.59 Å². The summed E-state index contributed by atoms with van der Waals surface area (Å²) in [5, 5.41) is 3.46. The largest absolute Gasteiger partial charge is 0.355 e. The van der Waals surface area contributed by atoms with E-state index in [4.69, 9.17) is 0 Å². The lowest BCUT2D eigenvalue weighted by Crippen LogP contribution is -2.54. The van der Waals surface area contributed by atoms with Crippen LogP contribution in [0.15, 0.2) is 33.6 Å². The second-order valence-electron chi connectivity index (χ2n) is 10.4. The highest BCUT2D eigenvalue weighted by atomic mass is 79.9. The zero-order chi connectivity index (χ0) is 24.1. The molecule has 1 aliphatic carbocycles. The Morgan fingerprint density at radius 2 is 1.97 bits per heavy atom. The summed E-state index contributed by atoms with van der Waals surface area (Å²) >= 11 is 5.23. The molecule has 2 aliphatic heterocycles. The molecule has 5 nitrogen and oxygen atoms in total. The average molecular weight is 549 g/mol. The van der Waals surface area contributed by atoms with Gasteiger partial charge in [0.2, 0.25) is 5.91 Å². The van der Waals surface area contributed by atoms with Gasteiger partial charge < -0.3 is 15.1 Å². The highest BCUT2D eigenvalue weighted by molar-refractivity contribution is 9.10. The molecule has 0 bridgehead atoms. The van der Waals surface area contributed by atoms with Gasteiger partial charge in [-0.2, -0.15) is 0 Å². The van der Waals surface area contributed by atoms with Crippen LogP contribution in [0.4, 0.5) is 0 Å². The number of fused-ring (bicyclic) bond motifs is 1. The van der Waals surface area contributed by atoms with Gasteiger partial charge in [0.15, 0.2) is 0 Å². The van der Waals surface area contributed by atoms with Crippen molar-refractivity contribution in [1.29, 1.82) is 0 Å². The minimum Gasteiger partial charge on any atom is -0.355 e. The van der Waals surface area contributed by atoms with Gasteiger partial charge in [-0.15, -0.1) is 11.8 Å². The summed E-state index contributed by atoms with van der Waals surface area (Å²) in [6, 6.07) is 8.16. The van der Waals surface area contributed by atoms with Crippen molar-refractivity contribution >= 4 is 45.6 Å². The Bertz CT molecular complexity index is 898. The molecule has 1 saturated carbocycles. The van der Waals surface area contributed by atoms with Gasteiger partial charge in [-0.1, -0.05) is 54.8 Å². The molecule has 0 spiro atoms. The first-order chi connectivity index (χ1) is 16.4. The first-order valence-corrected chi connectivity index (χ1v) is 14.5. The van der Waals surface area contributed by atoms with E-state index in [1.54, 1.807) is 11.8 Å². The van der Waals surface area contributed by atoms with Crippen LogP contribution < -0.4 is 5.32 Å². The number of rotatable bonds is 7. The molecular weight excluding hydrogens is 510 g/mol. The zero-order valence-corrected chi connectivity index (χ0v) is 22.9. The first kappa shape index (κ1) is 25.8. The number of carbonyl (C=O) groups excluding carboxylic acids is 2. The van der Waals surface area contributed by atoms with E-state index in [0.717, 1.165) is 72.1 Å². The van der Waals surface area contributed by atoms with Crippen LogP contribution in [0.1, 0.15) is 57.9 Å². The summed E-state index contributed by atoms with van der Waals surface area (Å²) in [6.45, 7) is 8.84. The van der Waals surface area contributed by atoms with Gasteiger partial charge >= 0.3 is 0 Å². The predicted molar refractivity (Wildman–Crippen MR) is 144 cm³/mol. The normalized spacial score (nSPS) is 29.2. The lowest BCUT2D eigenvalue weighted by atomic mass is 9.92. The molecule has 3 aliphatic rings. The number of piperidine rings is 1. The summed E-state index contributed by atoms with van der Waals surface area (Å²) in [4.78, 5) is 31.4. The minimum absolute atomic E-state index is 0.000401. The lowest BCUT2D eigenvalue weighted by molar-refractivity contribution is -0.135. The molecule has 0 aromatic heterocycles. The van der Waals surface area contributed by atoms with Crippen molar-refractivity contribution in [2.24, 2.45) is 11.8 Å². The molecule has 7 heteroatoms. The molecule has 4 unspecified atom stereocenters. The topological polar surface area (TPSA) is 52.7 Å². The van der Waals surface area contributed by atoms with Gasteiger partial charge in [-0.05, 0) is 67.8 Å². The summed E-state index contributed by atoms with van der Waals surface area (Å²) in [5.74, 6) is 1.47. The average Bonchev–Trinajstić information content (AvgIpc) is 2.79. The molecule has 0 radical (unpaired) electrons. The Balaban J connectivity index is 1.34. The standard InChI is InChI=1S/C27H38BrN3O2S/c1-19-13-20(2)17-30(16-19)12-6-11-29-26(32)18-31-23-9-3-4-10-24(23)34-25(27(31)33)15-21-7-5-8-22(28)14-21/h5,7-8,14-15,19-20,23-24H,3-4,6,9-13,16-18H2,1-2H3,(H,29,32)/b25-15+. The molecule has 2 saturated heterocycles. The van der Waals surface area contributed by atoms with E-state index >= 15 is 0 Å². The maximum atomic E-state index is 13.4. The van der Waals surface area contributed by atoms with Crippen LogP contribution in [0.3, 0.4) is 0 Å². The van der Waals surface area contributed by atoms with Crippen molar-refractivity contribution in [2.45, 2.75) is 63.7 Å². The van der Waals surface area contributed by atoms with Gasteiger partial charge in [0.25, 0.3) is 5.91 Å². The van der Waals surface area contributed by atoms with E-state index in [0.29, 0.717) is 11.8 Å². The number of halogens is 1. The second kappa shape index (κ2) is 12.1. The van der Waals surface area contributed by atoms with Gasteiger partial charge in [-0.25, -0.2) is 0 Å². The number of amides is 2. The third kappa shape index (κ3) is 6.88. The molecule has 4 rings (SSSR count). The smallest absolute Gasteiger partial charge is 0.261 e. The molecule has 186 valence electrons. The van der Waals surface area contributed by atoms with E-state index in [9.17, 15) is 9.59 Å². The highest BCUT2D eigenvalue weighted by Crippen LogP contribution is 2.42. The zero-order valence-electron chi connectivity index (χ0n) is 20.5. The van der Waals surface area contributed by atoms with Crippen LogP contribution in [0, 0.1) is 11.8 Å². The fourth-order valence-corrected chi connectivity index (χ4v) is 7.72. The van der Waals surface area contributed by atoms with E-state index in [1.807, 2.05) is 35.2 Å². The van der Waals surface area contributed by atoms with Crippen LogP contribution >= 0.6 is 27.7 Å². The summed E-state index contributed by atoms with van der Waals surface area (Å²) in [7, 11) is 0. The number of hydrogen-bond acceptors (Lipinski definition) is 4. The molecule has 1 aromatic rings. The van der Waals surface area contributed by atoms with Crippen LogP contribution in [0.2, 0.25) is 0 Å². The maximum absolute atomic E-state index is 13.4. The van der Waals surface area contributed by atoms with Crippen LogP contribution in [-0.4, -0.2) is 65.6 Å². The van der Waals surface area contributed by atoms with Gasteiger partial charge in [0, 0.05) is 35.4 Å². The van der Waals surface area contributed by atoms with Crippen molar-refractivity contribution in [1.82, 2.24) is 15.1 Å². The molecule has 1 N–H and O–H groups in total. The molecule has 2 heterocycles. The Morgan fingerprint density at radius 1 is 1.21 bits per heavy atom. The number of benzene rings is 1. The van der Waals surface area contributed by atoms with Crippen molar-refractivity contribution in [3.8, 4) is 0 Å². The van der Waals surface area contributed by atoms with E-state index in [2.05, 4.69) is 40.0 Å². The molecule has 4 atom stereocenters. The number of nitrogens with one attached hydrogen (secondary N) is 1. The van der Waals surface area contributed by atoms with E-state index < -0.39 is 0 Å². The second-order valence-corrected chi connectivity index (χ2v) is 12.6. The van der Waals surface area contributed by atoms with Gasteiger partial charge in [0.05, 0.1) is 4.91 Å². The number of carbonyl (C=O) groups is 2. The van der Waals surface area contributed by atoms with Crippen molar-refractivity contribution in [2.75, 3.05) is 32.7 Å². The van der Waals surface area contributed by atoms with E-state index in [1.165, 1.54) is 12.8 Å². The summed E-state index contributed by atoms with van der Waals surface area (Å²) < 4.78 is 0.996. The summed E-state index contributed by atoms with van der Waals surface area (Å²) in [5.41, 5.74) is 1.00. The predicted octanol–water partition coefficient (Wildman–Crippen LogP) is 5.16. The number of nitrogens with zero attached hydrogens (tertiary/aromatic N) is 2. The fourth-order valence-electron chi connectivity index (χ4n) is 5.83. The monoisotopic (exact) mass is 547 g/mol. The van der Waals surface area contributed by atoms with Crippen molar-refractivity contribution < 1.29 is 9.59 Å². The fraction of sp³-hybridized carbons (Fsp3) is 0.630. The Labute approximate surface area is 217 Å². The van der Waals surface area contributed by atoms with Crippen LogP contribution in [0.25, 0.3) is 6.08 Å². The van der Waals surface area contributed by atoms with E-state index in [-0.39, 0.29) is 24.4 Å². The Morgan fingerprint density at radius 3 is 2.74 bits per heavy atom. The molecule has 3 fully saturated rings.